The minimum Gasteiger partial charge on any atom is -0.387 e. The molecule has 0 aliphatic rings. The maximum absolute atomic E-state index is 11.6. The summed E-state index contributed by atoms with van der Waals surface area (Å²) in [5, 5.41) is 14.1. The Morgan fingerprint density at radius 2 is 2.18 bits per heavy atom. The highest BCUT2D eigenvalue weighted by molar-refractivity contribution is 7.07. The van der Waals surface area contributed by atoms with E-state index in [0.29, 0.717) is 5.69 Å². The van der Waals surface area contributed by atoms with Crippen LogP contribution in [-0.2, 0) is 0 Å². The van der Waals surface area contributed by atoms with E-state index in [2.05, 4.69) is 10.3 Å². The number of amides is 1. The number of aromatic nitrogens is 1. The molecule has 1 aromatic heterocycles. The number of nitrogens with one attached hydrogen (secondary N) is 1. The third-order valence-corrected chi connectivity index (χ3v) is 2.89. The molecular weight excluding hydrogens is 236 g/mol. The lowest BCUT2D eigenvalue weighted by Gasteiger charge is -2.11. The normalized spacial score (nSPS) is 12.1. The molecule has 0 bridgehead atoms. The van der Waals surface area contributed by atoms with Crippen molar-refractivity contribution in [1.82, 2.24) is 10.3 Å². The lowest BCUT2D eigenvalue weighted by atomic mass is 10.1. The first-order valence-electron chi connectivity index (χ1n) is 5.17. The zero-order chi connectivity index (χ0) is 12.1. The molecule has 1 aromatic carbocycles. The average molecular weight is 248 g/mol. The van der Waals surface area contributed by atoms with E-state index >= 15 is 0 Å². The summed E-state index contributed by atoms with van der Waals surface area (Å²) >= 11 is 1.36. The largest absolute Gasteiger partial charge is 0.387 e. The molecule has 0 saturated carbocycles. The zero-order valence-electron chi connectivity index (χ0n) is 9.04. The van der Waals surface area contributed by atoms with E-state index in [-0.39, 0.29) is 12.5 Å². The number of hydrogen-bond donors (Lipinski definition) is 2. The average Bonchev–Trinajstić information content (AvgIpc) is 2.90. The molecule has 2 rings (SSSR count). The number of aliphatic hydroxyl groups is 1. The van der Waals surface area contributed by atoms with Crippen LogP contribution >= 0.6 is 11.3 Å². The summed E-state index contributed by atoms with van der Waals surface area (Å²) in [6.45, 7) is 0.181. The smallest absolute Gasteiger partial charge is 0.270 e. The maximum Gasteiger partial charge on any atom is 0.270 e. The van der Waals surface area contributed by atoms with Crippen LogP contribution in [0, 0.1) is 0 Å². The molecule has 2 N–H and O–H groups in total. The number of aliphatic hydroxyl groups excluding tert-OH is 1. The quantitative estimate of drug-likeness (QED) is 0.864. The lowest BCUT2D eigenvalue weighted by molar-refractivity contribution is 0.0912. The van der Waals surface area contributed by atoms with Crippen molar-refractivity contribution < 1.29 is 9.90 Å². The zero-order valence-corrected chi connectivity index (χ0v) is 9.85. The number of hydrogen-bond acceptors (Lipinski definition) is 4. The van der Waals surface area contributed by atoms with E-state index in [1.165, 1.54) is 11.3 Å². The highest BCUT2D eigenvalue weighted by Gasteiger charge is 2.11. The van der Waals surface area contributed by atoms with Crippen molar-refractivity contribution in [2.45, 2.75) is 6.10 Å². The van der Waals surface area contributed by atoms with Gasteiger partial charge < -0.3 is 10.4 Å². The van der Waals surface area contributed by atoms with Crippen LogP contribution in [0.3, 0.4) is 0 Å². The van der Waals surface area contributed by atoms with Crippen molar-refractivity contribution in [1.29, 1.82) is 0 Å². The number of carbonyl (C=O) groups excluding carboxylic acids is 1. The number of benzene rings is 1. The molecule has 88 valence electrons. The molecule has 2 aromatic rings. The van der Waals surface area contributed by atoms with Gasteiger partial charge in [0.15, 0.2) is 0 Å². The van der Waals surface area contributed by atoms with Crippen molar-refractivity contribution in [2.24, 2.45) is 0 Å². The summed E-state index contributed by atoms with van der Waals surface area (Å²) in [7, 11) is 0. The first kappa shape index (κ1) is 11.8. The molecular formula is C12H12N2O2S. The Morgan fingerprint density at radius 3 is 2.82 bits per heavy atom. The van der Waals surface area contributed by atoms with Crippen LogP contribution in [-0.4, -0.2) is 22.5 Å². The Balaban J connectivity index is 1.89. The molecule has 4 nitrogen and oxygen atoms in total. The fourth-order valence-corrected chi connectivity index (χ4v) is 1.93. The first-order valence-corrected chi connectivity index (χ1v) is 6.11. The van der Waals surface area contributed by atoms with Gasteiger partial charge in [-0.25, -0.2) is 4.98 Å². The fraction of sp³-hybridized carbons (Fsp3) is 0.167. The van der Waals surface area contributed by atoms with Gasteiger partial charge in [0.05, 0.1) is 11.6 Å². The summed E-state index contributed by atoms with van der Waals surface area (Å²) in [6, 6.07) is 9.21. The highest BCUT2D eigenvalue weighted by Crippen LogP contribution is 2.10. The third kappa shape index (κ3) is 3.12. The van der Waals surface area contributed by atoms with Crippen LogP contribution in [0.5, 0.6) is 0 Å². The minimum absolute atomic E-state index is 0.181. The summed E-state index contributed by atoms with van der Waals surface area (Å²) in [5.41, 5.74) is 2.77. The van der Waals surface area contributed by atoms with E-state index in [4.69, 9.17) is 0 Å². The molecule has 1 atom stereocenters. The van der Waals surface area contributed by atoms with Gasteiger partial charge in [-0.15, -0.1) is 11.3 Å². The van der Waals surface area contributed by atoms with Gasteiger partial charge in [0.25, 0.3) is 5.91 Å². The number of thiazole rings is 1. The molecule has 1 heterocycles. The number of rotatable bonds is 4. The maximum atomic E-state index is 11.6. The molecule has 0 radical (unpaired) electrons. The van der Waals surface area contributed by atoms with Gasteiger partial charge in [-0.2, -0.15) is 0 Å². The van der Waals surface area contributed by atoms with Crippen molar-refractivity contribution in [2.75, 3.05) is 6.54 Å². The van der Waals surface area contributed by atoms with Crippen LogP contribution in [0.25, 0.3) is 0 Å². The standard InChI is InChI=1S/C12H12N2O2S/c15-11(9-4-2-1-3-5-9)6-13-12(16)10-7-17-8-14-10/h1-5,7-8,11,15H,6H2,(H,13,16). The van der Waals surface area contributed by atoms with Crippen molar-refractivity contribution in [3.63, 3.8) is 0 Å². The summed E-state index contributed by atoms with van der Waals surface area (Å²) in [6.07, 6.45) is -0.696. The van der Waals surface area contributed by atoms with Crippen LogP contribution in [0.15, 0.2) is 41.2 Å². The van der Waals surface area contributed by atoms with Gasteiger partial charge in [-0.3, -0.25) is 4.79 Å². The molecule has 0 aliphatic carbocycles. The van der Waals surface area contributed by atoms with E-state index in [9.17, 15) is 9.90 Å². The Morgan fingerprint density at radius 1 is 1.41 bits per heavy atom. The van der Waals surface area contributed by atoms with E-state index in [1.54, 1.807) is 10.9 Å². The first-order chi connectivity index (χ1) is 8.27. The molecule has 17 heavy (non-hydrogen) atoms. The Labute approximate surface area is 103 Å². The molecule has 0 aliphatic heterocycles. The van der Waals surface area contributed by atoms with Crippen LogP contribution in [0.1, 0.15) is 22.2 Å². The van der Waals surface area contributed by atoms with Crippen molar-refractivity contribution in [3.8, 4) is 0 Å². The second-order valence-corrected chi connectivity index (χ2v) is 4.23. The lowest BCUT2D eigenvalue weighted by Crippen LogP contribution is -2.28. The highest BCUT2D eigenvalue weighted by atomic mass is 32.1. The Kier molecular flexibility index (Phi) is 3.85. The molecule has 0 fully saturated rings. The Bertz CT molecular complexity index is 471. The topological polar surface area (TPSA) is 62.2 Å². The van der Waals surface area contributed by atoms with Gasteiger partial charge in [-0.1, -0.05) is 30.3 Å². The second kappa shape index (κ2) is 5.56. The fourth-order valence-electron chi connectivity index (χ4n) is 1.40. The van der Waals surface area contributed by atoms with Crippen molar-refractivity contribution >= 4 is 17.2 Å². The second-order valence-electron chi connectivity index (χ2n) is 3.51. The number of carbonyl (C=O) groups is 1. The third-order valence-electron chi connectivity index (χ3n) is 2.31. The van der Waals surface area contributed by atoms with Gasteiger partial charge in [0.2, 0.25) is 0 Å². The predicted molar refractivity (Wildman–Crippen MR) is 65.8 cm³/mol. The van der Waals surface area contributed by atoms with Gasteiger partial charge in [-0.05, 0) is 5.56 Å². The predicted octanol–water partition coefficient (Wildman–Crippen LogP) is 1.61. The Hall–Kier alpha value is -1.72. The van der Waals surface area contributed by atoms with Gasteiger partial charge in [0, 0.05) is 11.9 Å². The summed E-state index contributed by atoms with van der Waals surface area (Å²) in [4.78, 5) is 15.5. The molecule has 1 unspecified atom stereocenters. The summed E-state index contributed by atoms with van der Waals surface area (Å²) in [5.74, 6) is -0.263. The summed E-state index contributed by atoms with van der Waals surface area (Å²) < 4.78 is 0. The monoisotopic (exact) mass is 248 g/mol. The van der Waals surface area contributed by atoms with Gasteiger partial charge in [0.1, 0.15) is 5.69 Å². The van der Waals surface area contributed by atoms with Gasteiger partial charge >= 0.3 is 0 Å². The molecule has 5 heteroatoms. The SMILES string of the molecule is O=C(NCC(O)c1ccccc1)c1cscn1. The van der Waals surface area contributed by atoms with E-state index < -0.39 is 6.10 Å². The van der Waals surface area contributed by atoms with E-state index in [1.807, 2.05) is 30.3 Å². The molecule has 1 amide bonds. The van der Waals surface area contributed by atoms with Crippen LogP contribution in [0.2, 0.25) is 0 Å². The minimum atomic E-state index is -0.696. The van der Waals surface area contributed by atoms with Crippen LogP contribution < -0.4 is 5.32 Å². The van der Waals surface area contributed by atoms with Crippen LogP contribution in [0.4, 0.5) is 0 Å². The molecule has 0 saturated heterocycles. The van der Waals surface area contributed by atoms with E-state index in [0.717, 1.165) is 5.56 Å². The van der Waals surface area contributed by atoms with Crippen molar-refractivity contribution in [3.05, 3.63) is 52.5 Å². The molecule has 0 spiro atoms. The number of nitrogens with zero attached hydrogens (tertiary/aromatic N) is 1.